The van der Waals surface area contributed by atoms with E-state index >= 15 is 0 Å². The first-order valence-electron chi connectivity index (χ1n) is 9.66. The van der Waals surface area contributed by atoms with Gasteiger partial charge in [-0.05, 0) is 62.8 Å². The molecule has 6 nitrogen and oxygen atoms in total. The van der Waals surface area contributed by atoms with Crippen molar-refractivity contribution in [2.45, 2.75) is 38.1 Å². The molecule has 2 saturated heterocycles. The average Bonchev–Trinajstić information content (AvgIpc) is 3.41. The van der Waals surface area contributed by atoms with Crippen LogP contribution in [-0.4, -0.2) is 57.2 Å². The van der Waals surface area contributed by atoms with E-state index in [4.69, 9.17) is 0 Å². The summed E-state index contributed by atoms with van der Waals surface area (Å²) >= 11 is 0. The molecule has 1 aliphatic carbocycles. The first-order valence-corrected chi connectivity index (χ1v) is 11.3. The molecule has 1 amide bonds. The van der Waals surface area contributed by atoms with Crippen molar-refractivity contribution in [2.75, 3.05) is 36.2 Å². The van der Waals surface area contributed by atoms with Crippen LogP contribution in [0.25, 0.3) is 0 Å². The molecule has 0 atom stereocenters. The number of benzene rings is 1. The molecular weight excluding hydrogens is 350 g/mol. The second-order valence-corrected chi connectivity index (χ2v) is 9.72. The highest BCUT2D eigenvalue weighted by Gasteiger charge is 2.30. The van der Waals surface area contributed by atoms with Crippen molar-refractivity contribution in [3.8, 4) is 0 Å². The third kappa shape index (κ3) is 3.88. The van der Waals surface area contributed by atoms with Gasteiger partial charge in [-0.15, -0.1) is 0 Å². The number of nitrogens with one attached hydrogen (secondary N) is 1. The van der Waals surface area contributed by atoms with E-state index in [1.807, 2.05) is 4.90 Å². The molecule has 2 aliphatic heterocycles. The number of piperidine rings is 1. The van der Waals surface area contributed by atoms with Gasteiger partial charge in [0.25, 0.3) is 5.91 Å². The van der Waals surface area contributed by atoms with Crippen molar-refractivity contribution in [3.05, 3.63) is 29.8 Å². The first kappa shape index (κ1) is 17.8. The molecule has 7 heteroatoms. The van der Waals surface area contributed by atoms with Crippen LogP contribution in [-0.2, 0) is 10.0 Å². The Morgan fingerprint density at radius 3 is 2.54 bits per heavy atom. The highest BCUT2D eigenvalue weighted by molar-refractivity contribution is 7.93. The minimum atomic E-state index is -3.22. The molecular formula is C19H27N3O3S. The molecule has 3 fully saturated rings. The van der Waals surface area contributed by atoms with Crippen LogP contribution in [0.3, 0.4) is 0 Å². The largest absolute Gasteiger partial charge is 0.339 e. The molecule has 1 aromatic rings. The number of carbonyl (C=O) groups is 1. The maximum Gasteiger partial charge on any atom is 0.253 e. The zero-order chi connectivity index (χ0) is 18.1. The van der Waals surface area contributed by atoms with Crippen LogP contribution in [0, 0.1) is 5.92 Å². The fourth-order valence-electron chi connectivity index (χ4n) is 3.85. The van der Waals surface area contributed by atoms with E-state index in [1.54, 1.807) is 24.3 Å². The van der Waals surface area contributed by atoms with E-state index in [-0.39, 0.29) is 11.7 Å². The molecule has 1 N–H and O–H groups in total. The van der Waals surface area contributed by atoms with E-state index in [1.165, 1.54) is 17.1 Å². The predicted octanol–water partition coefficient (Wildman–Crippen LogP) is 1.83. The SMILES string of the molecule is O=C(c1cccc(N2CCCS2(=O)=O)c1)N1CCC(NCC2CC2)CC1. The zero-order valence-electron chi connectivity index (χ0n) is 15.1. The Balaban J connectivity index is 1.38. The predicted molar refractivity (Wildman–Crippen MR) is 102 cm³/mol. The van der Waals surface area contributed by atoms with Crippen molar-refractivity contribution in [2.24, 2.45) is 5.92 Å². The molecule has 0 radical (unpaired) electrons. The van der Waals surface area contributed by atoms with Crippen LogP contribution in [0.4, 0.5) is 5.69 Å². The van der Waals surface area contributed by atoms with Gasteiger partial charge in [0.15, 0.2) is 0 Å². The quantitative estimate of drug-likeness (QED) is 0.850. The van der Waals surface area contributed by atoms with Gasteiger partial charge in [0, 0.05) is 31.2 Å². The maximum absolute atomic E-state index is 12.8. The Hall–Kier alpha value is -1.60. The molecule has 26 heavy (non-hydrogen) atoms. The second-order valence-electron chi connectivity index (χ2n) is 7.71. The number of likely N-dealkylation sites (tertiary alicyclic amines) is 1. The molecule has 0 aromatic heterocycles. The Kier molecular flexibility index (Phi) is 4.92. The fourth-order valence-corrected chi connectivity index (χ4v) is 5.40. The number of amides is 1. The molecule has 1 saturated carbocycles. The smallest absolute Gasteiger partial charge is 0.253 e. The van der Waals surface area contributed by atoms with Crippen LogP contribution in [0.2, 0.25) is 0 Å². The summed E-state index contributed by atoms with van der Waals surface area (Å²) in [6, 6.07) is 7.57. The number of nitrogens with zero attached hydrogens (tertiary/aromatic N) is 2. The Morgan fingerprint density at radius 2 is 1.88 bits per heavy atom. The lowest BCUT2D eigenvalue weighted by atomic mass is 10.0. The normalized spacial score (nSPS) is 23.4. The summed E-state index contributed by atoms with van der Waals surface area (Å²) in [4.78, 5) is 14.7. The molecule has 2 heterocycles. The van der Waals surface area contributed by atoms with E-state index in [2.05, 4.69) is 5.32 Å². The van der Waals surface area contributed by atoms with E-state index in [0.717, 1.165) is 38.4 Å². The summed E-state index contributed by atoms with van der Waals surface area (Å²) in [5, 5.41) is 3.63. The van der Waals surface area contributed by atoms with Crippen molar-refractivity contribution in [1.82, 2.24) is 10.2 Å². The van der Waals surface area contributed by atoms with Crippen LogP contribution in [0.15, 0.2) is 24.3 Å². The van der Waals surface area contributed by atoms with Crippen molar-refractivity contribution >= 4 is 21.6 Å². The summed E-state index contributed by atoms with van der Waals surface area (Å²) in [7, 11) is -3.22. The standard InChI is InChI=1S/C19H27N3O3S/c23-19(21-10-7-17(8-11-21)20-14-15-5-6-15)16-3-1-4-18(13-16)22-9-2-12-26(22,24)25/h1,3-4,13,15,17,20H,2,5-12,14H2. The van der Waals surface area contributed by atoms with Gasteiger partial charge in [0.1, 0.15) is 0 Å². The van der Waals surface area contributed by atoms with Gasteiger partial charge in [-0.3, -0.25) is 9.10 Å². The summed E-state index contributed by atoms with van der Waals surface area (Å²) < 4.78 is 25.7. The lowest BCUT2D eigenvalue weighted by Crippen LogP contribution is -2.45. The van der Waals surface area contributed by atoms with Gasteiger partial charge in [-0.2, -0.15) is 0 Å². The van der Waals surface area contributed by atoms with Gasteiger partial charge >= 0.3 is 0 Å². The lowest BCUT2D eigenvalue weighted by Gasteiger charge is -2.32. The maximum atomic E-state index is 12.8. The topological polar surface area (TPSA) is 69.7 Å². The number of carbonyl (C=O) groups excluding carboxylic acids is 1. The van der Waals surface area contributed by atoms with Crippen LogP contribution >= 0.6 is 0 Å². The third-order valence-electron chi connectivity index (χ3n) is 5.65. The number of hydrogen-bond acceptors (Lipinski definition) is 4. The number of anilines is 1. The molecule has 1 aromatic carbocycles. The first-order chi connectivity index (χ1) is 12.5. The molecule has 0 unspecified atom stereocenters. The molecule has 4 rings (SSSR count). The number of rotatable bonds is 5. The van der Waals surface area contributed by atoms with Crippen molar-refractivity contribution < 1.29 is 13.2 Å². The van der Waals surface area contributed by atoms with Gasteiger partial charge in [-0.1, -0.05) is 6.07 Å². The van der Waals surface area contributed by atoms with E-state index in [9.17, 15) is 13.2 Å². The summed E-state index contributed by atoms with van der Waals surface area (Å²) in [5.41, 5.74) is 1.18. The minimum absolute atomic E-state index is 0.00379. The Bertz CT molecular complexity index is 768. The number of sulfonamides is 1. The van der Waals surface area contributed by atoms with Gasteiger partial charge in [0.05, 0.1) is 11.4 Å². The fraction of sp³-hybridized carbons (Fsp3) is 0.632. The monoisotopic (exact) mass is 377 g/mol. The average molecular weight is 378 g/mol. The van der Waals surface area contributed by atoms with Crippen LogP contribution in [0.5, 0.6) is 0 Å². The summed E-state index contributed by atoms with van der Waals surface area (Å²) in [6.07, 6.45) is 5.32. The molecule has 0 bridgehead atoms. The second kappa shape index (κ2) is 7.19. The number of hydrogen-bond donors (Lipinski definition) is 1. The highest BCUT2D eigenvalue weighted by Crippen LogP contribution is 2.28. The molecule has 3 aliphatic rings. The Morgan fingerprint density at radius 1 is 1.12 bits per heavy atom. The van der Waals surface area contributed by atoms with Gasteiger partial charge < -0.3 is 10.2 Å². The van der Waals surface area contributed by atoms with Gasteiger partial charge in [-0.25, -0.2) is 8.42 Å². The summed E-state index contributed by atoms with van der Waals surface area (Å²) in [5.74, 6) is 1.07. The highest BCUT2D eigenvalue weighted by atomic mass is 32.2. The zero-order valence-corrected chi connectivity index (χ0v) is 15.9. The lowest BCUT2D eigenvalue weighted by molar-refractivity contribution is 0.0705. The van der Waals surface area contributed by atoms with Gasteiger partial charge in [0.2, 0.25) is 10.0 Å². The van der Waals surface area contributed by atoms with Crippen LogP contribution < -0.4 is 9.62 Å². The Labute approximate surface area is 155 Å². The van der Waals surface area contributed by atoms with E-state index < -0.39 is 10.0 Å². The minimum Gasteiger partial charge on any atom is -0.339 e. The van der Waals surface area contributed by atoms with E-state index in [0.29, 0.717) is 30.3 Å². The third-order valence-corrected chi connectivity index (χ3v) is 7.52. The molecule has 0 spiro atoms. The van der Waals surface area contributed by atoms with Crippen molar-refractivity contribution in [1.29, 1.82) is 0 Å². The summed E-state index contributed by atoms with van der Waals surface area (Å²) in [6.45, 7) is 3.13. The molecule has 142 valence electrons. The van der Waals surface area contributed by atoms with Crippen LogP contribution in [0.1, 0.15) is 42.5 Å². The van der Waals surface area contributed by atoms with Crippen molar-refractivity contribution in [3.63, 3.8) is 0 Å².